The van der Waals surface area contributed by atoms with Crippen LogP contribution in [0.15, 0.2) is 29.3 Å². The number of nitrogens with zero attached hydrogens (tertiary/aromatic N) is 1. The largest absolute Gasteiger partial charge is 0.394 e. The van der Waals surface area contributed by atoms with E-state index >= 15 is 0 Å². The maximum absolute atomic E-state index is 8.75. The van der Waals surface area contributed by atoms with Crippen LogP contribution < -0.4 is 0 Å². The molecule has 1 aliphatic carbocycles. The Labute approximate surface area is 84.3 Å². The molecule has 2 nitrogen and oxygen atoms in total. The highest BCUT2D eigenvalue weighted by Gasteiger charge is 2.23. The standard InChI is InChI=1S/C12H15NO/c1-9-8-10-4-2-3-5-11(10)12(9)13-6-7-14/h2-5,9,14H,6-8H2,1H3. The van der Waals surface area contributed by atoms with Crippen LogP contribution in [0, 0.1) is 5.92 Å². The molecule has 1 N–H and O–H groups in total. The molecule has 0 amide bonds. The van der Waals surface area contributed by atoms with Gasteiger partial charge in [0.05, 0.1) is 13.2 Å². The van der Waals surface area contributed by atoms with Gasteiger partial charge in [0.25, 0.3) is 0 Å². The lowest BCUT2D eigenvalue weighted by Crippen LogP contribution is -2.07. The molecular formula is C12H15NO. The summed E-state index contributed by atoms with van der Waals surface area (Å²) >= 11 is 0. The molecule has 2 heteroatoms. The first-order valence-electron chi connectivity index (χ1n) is 5.06. The number of fused-ring (bicyclic) bond motifs is 1. The van der Waals surface area contributed by atoms with Crippen molar-refractivity contribution in [1.29, 1.82) is 0 Å². The van der Waals surface area contributed by atoms with Crippen molar-refractivity contribution in [2.75, 3.05) is 13.2 Å². The highest BCUT2D eigenvalue weighted by molar-refractivity contribution is 6.06. The summed E-state index contributed by atoms with van der Waals surface area (Å²) in [5, 5.41) is 8.75. The molecule has 1 aromatic rings. The van der Waals surface area contributed by atoms with E-state index < -0.39 is 0 Å². The number of aliphatic imine (C=N–C) groups is 1. The van der Waals surface area contributed by atoms with Crippen molar-refractivity contribution in [2.24, 2.45) is 10.9 Å². The van der Waals surface area contributed by atoms with Gasteiger partial charge < -0.3 is 5.11 Å². The number of benzene rings is 1. The molecule has 0 spiro atoms. The minimum Gasteiger partial charge on any atom is -0.394 e. The van der Waals surface area contributed by atoms with Crippen LogP contribution in [0.4, 0.5) is 0 Å². The van der Waals surface area contributed by atoms with Gasteiger partial charge in [0.15, 0.2) is 0 Å². The second-order valence-corrected chi connectivity index (χ2v) is 3.75. The van der Waals surface area contributed by atoms with Crippen LogP contribution in [0.25, 0.3) is 0 Å². The van der Waals surface area contributed by atoms with E-state index in [-0.39, 0.29) is 6.61 Å². The zero-order chi connectivity index (χ0) is 9.97. The number of hydrogen-bond acceptors (Lipinski definition) is 2. The van der Waals surface area contributed by atoms with Gasteiger partial charge in [-0.15, -0.1) is 0 Å². The summed E-state index contributed by atoms with van der Waals surface area (Å²) in [7, 11) is 0. The quantitative estimate of drug-likeness (QED) is 0.754. The maximum Gasteiger partial charge on any atom is 0.0627 e. The zero-order valence-electron chi connectivity index (χ0n) is 8.40. The molecule has 1 unspecified atom stereocenters. The monoisotopic (exact) mass is 189 g/mol. The van der Waals surface area contributed by atoms with Gasteiger partial charge >= 0.3 is 0 Å². The Balaban J connectivity index is 2.34. The van der Waals surface area contributed by atoms with E-state index in [0.717, 1.165) is 12.1 Å². The molecule has 2 rings (SSSR count). The van der Waals surface area contributed by atoms with E-state index in [1.807, 2.05) is 6.07 Å². The minimum atomic E-state index is 0.137. The maximum atomic E-state index is 8.75. The average Bonchev–Trinajstić information content (AvgIpc) is 2.51. The minimum absolute atomic E-state index is 0.137. The van der Waals surface area contributed by atoms with E-state index in [2.05, 4.69) is 30.1 Å². The summed E-state index contributed by atoms with van der Waals surface area (Å²) in [6.07, 6.45) is 1.08. The van der Waals surface area contributed by atoms with Gasteiger partial charge in [0.2, 0.25) is 0 Å². The predicted octanol–water partition coefficient (Wildman–Crippen LogP) is 1.66. The first kappa shape index (κ1) is 9.41. The summed E-state index contributed by atoms with van der Waals surface area (Å²) in [4.78, 5) is 4.43. The first-order chi connectivity index (χ1) is 6.83. The summed E-state index contributed by atoms with van der Waals surface area (Å²) in [6, 6.07) is 8.40. The third-order valence-corrected chi connectivity index (χ3v) is 2.67. The average molecular weight is 189 g/mol. The van der Waals surface area contributed by atoms with Gasteiger partial charge in [-0.1, -0.05) is 31.2 Å². The Morgan fingerprint density at radius 1 is 1.43 bits per heavy atom. The molecule has 0 aromatic heterocycles. The van der Waals surface area contributed by atoms with Gasteiger partial charge in [-0.3, -0.25) is 4.99 Å². The molecule has 74 valence electrons. The van der Waals surface area contributed by atoms with Crippen LogP contribution in [0.1, 0.15) is 18.1 Å². The molecule has 1 aromatic carbocycles. The number of aliphatic hydroxyl groups excluding tert-OH is 1. The number of rotatable bonds is 2. The summed E-state index contributed by atoms with van der Waals surface area (Å²) in [6.45, 7) is 2.85. The van der Waals surface area contributed by atoms with Gasteiger partial charge in [-0.2, -0.15) is 0 Å². The Kier molecular flexibility index (Phi) is 2.64. The fourth-order valence-electron chi connectivity index (χ4n) is 2.05. The fourth-order valence-corrected chi connectivity index (χ4v) is 2.05. The van der Waals surface area contributed by atoms with Crippen LogP contribution in [-0.4, -0.2) is 24.0 Å². The highest BCUT2D eigenvalue weighted by atomic mass is 16.3. The summed E-state index contributed by atoms with van der Waals surface area (Å²) < 4.78 is 0. The van der Waals surface area contributed by atoms with E-state index in [1.165, 1.54) is 11.1 Å². The molecule has 0 aliphatic heterocycles. The van der Waals surface area contributed by atoms with Crippen molar-refractivity contribution in [2.45, 2.75) is 13.3 Å². The van der Waals surface area contributed by atoms with Crippen LogP contribution >= 0.6 is 0 Å². The van der Waals surface area contributed by atoms with Gasteiger partial charge in [0.1, 0.15) is 0 Å². The topological polar surface area (TPSA) is 32.6 Å². The third kappa shape index (κ3) is 1.58. The Hall–Kier alpha value is -1.15. The second-order valence-electron chi connectivity index (χ2n) is 3.75. The van der Waals surface area contributed by atoms with Crippen LogP contribution in [-0.2, 0) is 6.42 Å². The summed E-state index contributed by atoms with van der Waals surface area (Å²) in [5.74, 6) is 0.499. The van der Waals surface area contributed by atoms with Crippen molar-refractivity contribution in [3.63, 3.8) is 0 Å². The lowest BCUT2D eigenvalue weighted by atomic mass is 10.1. The fraction of sp³-hybridized carbons (Fsp3) is 0.417. The van der Waals surface area contributed by atoms with Crippen LogP contribution in [0.3, 0.4) is 0 Å². The van der Waals surface area contributed by atoms with Crippen molar-refractivity contribution >= 4 is 5.71 Å². The Morgan fingerprint density at radius 2 is 2.21 bits per heavy atom. The molecule has 0 radical (unpaired) electrons. The van der Waals surface area contributed by atoms with E-state index in [0.29, 0.717) is 12.5 Å². The van der Waals surface area contributed by atoms with Gasteiger partial charge in [0, 0.05) is 11.6 Å². The third-order valence-electron chi connectivity index (χ3n) is 2.67. The molecule has 1 atom stereocenters. The lowest BCUT2D eigenvalue weighted by Gasteiger charge is -2.03. The van der Waals surface area contributed by atoms with Crippen LogP contribution in [0.5, 0.6) is 0 Å². The van der Waals surface area contributed by atoms with Crippen molar-refractivity contribution in [3.8, 4) is 0 Å². The van der Waals surface area contributed by atoms with Gasteiger partial charge in [-0.05, 0) is 17.5 Å². The second kappa shape index (κ2) is 3.93. The molecule has 0 heterocycles. The predicted molar refractivity (Wildman–Crippen MR) is 57.8 cm³/mol. The van der Waals surface area contributed by atoms with Crippen molar-refractivity contribution in [3.05, 3.63) is 35.4 Å². The van der Waals surface area contributed by atoms with Crippen molar-refractivity contribution < 1.29 is 5.11 Å². The Bertz CT molecular complexity index is 357. The number of aliphatic hydroxyl groups is 1. The normalized spacial score (nSPS) is 22.7. The molecule has 0 bridgehead atoms. The first-order valence-corrected chi connectivity index (χ1v) is 5.06. The van der Waals surface area contributed by atoms with E-state index in [9.17, 15) is 0 Å². The summed E-state index contributed by atoms with van der Waals surface area (Å²) in [5.41, 5.74) is 3.82. The zero-order valence-corrected chi connectivity index (χ0v) is 8.40. The molecular weight excluding hydrogens is 174 g/mol. The highest BCUT2D eigenvalue weighted by Crippen LogP contribution is 2.26. The number of hydrogen-bond donors (Lipinski definition) is 1. The molecule has 0 saturated carbocycles. The lowest BCUT2D eigenvalue weighted by molar-refractivity contribution is 0.306. The van der Waals surface area contributed by atoms with Crippen LogP contribution in [0.2, 0.25) is 0 Å². The SMILES string of the molecule is CC1Cc2ccccc2C1=NCCO. The molecule has 14 heavy (non-hydrogen) atoms. The van der Waals surface area contributed by atoms with Crippen molar-refractivity contribution in [1.82, 2.24) is 0 Å². The van der Waals surface area contributed by atoms with Gasteiger partial charge in [-0.25, -0.2) is 0 Å². The molecule has 0 saturated heterocycles. The smallest absolute Gasteiger partial charge is 0.0627 e. The molecule has 1 aliphatic rings. The Morgan fingerprint density at radius 3 is 3.00 bits per heavy atom. The van der Waals surface area contributed by atoms with E-state index in [1.54, 1.807) is 0 Å². The van der Waals surface area contributed by atoms with E-state index in [4.69, 9.17) is 5.11 Å². The molecule has 0 fully saturated rings.